The molecule has 2 aromatic rings. The van der Waals surface area contributed by atoms with Crippen molar-refractivity contribution in [1.82, 2.24) is 0 Å². The number of aryl methyl sites for hydroxylation is 1. The maximum atomic E-state index is 11.5. The fraction of sp³-hybridized carbons (Fsp3) is 0.267. The molecule has 0 saturated heterocycles. The van der Waals surface area contributed by atoms with E-state index in [4.69, 9.17) is 11.5 Å². The van der Waals surface area contributed by atoms with Crippen molar-refractivity contribution >= 4 is 28.6 Å². The first-order valence-electron chi connectivity index (χ1n) is 6.67. The topological polar surface area (TPSA) is 81.1 Å². The Labute approximate surface area is 121 Å². The molecule has 0 saturated carbocycles. The van der Waals surface area contributed by atoms with Crippen molar-refractivity contribution in [1.29, 1.82) is 0 Å². The van der Waals surface area contributed by atoms with Crippen LogP contribution in [0.3, 0.4) is 0 Å². The number of carbonyl (C=O) groups is 1. The molecule has 20 heavy (non-hydrogen) atoms. The van der Waals surface area contributed by atoms with Crippen LogP contribution in [0.15, 0.2) is 29.6 Å². The highest BCUT2D eigenvalue weighted by Gasteiger charge is 2.22. The highest BCUT2D eigenvalue weighted by atomic mass is 32.1. The van der Waals surface area contributed by atoms with Crippen LogP contribution < -0.4 is 16.8 Å². The molecule has 0 aliphatic heterocycles. The van der Waals surface area contributed by atoms with Crippen LogP contribution in [0, 0.1) is 0 Å². The molecule has 1 amide bonds. The van der Waals surface area contributed by atoms with Crippen LogP contribution in [0.2, 0.25) is 0 Å². The van der Waals surface area contributed by atoms with E-state index in [9.17, 15) is 4.79 Å². The molecule has 1 aromatic heterocycles. The van der Waals surface area contributed by atoms with Gasteiger partial charge in [0.05, 0.1) is 11.6 Å². The fourth-order valence-corrected chi connectivity index (χ4v) is 3.71. The van der Waals surface area contributed by atoms with Crippen LogP contribution in [0.25, 0.3) is 0 Å². The second kappa shape index (κ2) is 5.17. The molecule has 1 aliphatic carbocycles. The predicted molar refractivity (Wildman–Crippen MR) is 83.0 cm³/mol. The lowest BCUT2D eigenvalue weighted by atomic mass is 9.93. The molecule has 1 atom stereocenters. The first-order chi connectivity index (χ1) is 9.65. The Balaban J connectivity index is 1.93. The second-order valence-corrected chi connectivity index (χ2v) is 6.06. The highest BCUT2D eigenvalue weighted by molar-refractivity contribution is 7.10. The van der Waals surface area contributed by atoms with Crippen LogP contribution in [0.1, 0.15) is 39.7 Å². The minimum Gasteiger partial charge on any atom is -0.399 e. The third kappa shape index (κ3) is 2.36. The van der Waals surface area contributed by atoms with E-state index in [0.717, 1.165) is 24.9 Å². The first-order valence-corrected chi connectivity index (χ1v) is 7.55. The number of benzene rings is 1. The van der Waals surface area contributed by atoms with E-state index < -0.39 is 5.91 Å². The van der Waals surface area contributed by atoms with Crippen molar-refractivity contribution in [3.63, 3.8) is 0 Å². The summed E-state index contributed by atoms with van der Waals surface area (Å²) in [6, 6.07) is 7.54. The number of rotatable bonds is 3. The molecule has 5 heteroatoms. The van der Waals surface area contributed by atoms with E-state index >= 15 is 0 Å². The third-order valence-electron chi connectivity index (χ3n) is 3.69. The summed E-state index contributed by atoms with van der Waals surface area (Å²) in [5, 5.41) is 5.56. The van der Waals surface area contributed by atoms with Crippen LogP contribution in [-0.2, 0) is 6.42 Å². The number of primary amides is 1. The number of nitrogen functional groups attached to an aromatic ring is 1. The minimum absolute atomic E-state index is 0.227. The normalized spacial score (nSPS) is 17.5. The zero-order valence-corrected chi connectivity index (χ0v) is 11.9. The second-order valence-electron chi connectivity index (χ2n) is 5.06. The molecule has 104 valence electrons. The molecular formula is C15H17N3OS. The van der Waals surface area contributed by atoms with Crippen LogP contribution >= 0.6 is 11.3 Å². The third-order valence-corrected chi connectivity index (χ3v) is 4.69. The maximum Gasteiger partial charge on any atom is 0.250 e. The largest absolute Gasteiger partial charge is 0.399 e. The zero-order chi connectivity index (χ0) is 14.1. The van der Waals surface area contributed by atoms with Crippen molar-refractivity contribution < 1.29 is 4.79 Å². The number of nitrogens with one attached hydrogen (secondary N) is 1. The van der Waals surface area contributed by atoms with E-state index in [0.29, 0.717) is 11.3 Å². The summed E-state index contributed by atoms with van der Waals surface area (Å²) < 4.78 is 0. The maximum absolute atomic E-state index is 11.5. The summed E-state index contributed by atoms with van der Waals surface area (Å²) in [6.45, 7) is 0. The molecule has 1 heterocycles. The quantitative estimate of drug-likeness (QED) is 0.759. The minimum atomic E-state index is -0.436. The van der Waals surface area contributed by atoms with Gasteiger partial charge in [-0.1, -0.05) is 0 Å². The summed E-state index contributed by atoms with van der Waals surface area (Å²) in [5.74, 6) is -0.436. The standard InChI is InChI=1S/C15H17N3OS/c16-9-4-5-11(15(17)19)13(8-9)18-12-2-1-3-14-10(12)6-7-20-14/h4-8,12,18H,1-3,16H2,(H2,17,19). The molecule has 3 rings (SSSR count). The van der Waals surface area contributed by atoms with Crippen LogP contribution in [-0.4, -0.2) is 5.91 Å². The molecule has 0 fully saturated rings. The smallest absolute Gasteiger partial charge is 0.250 e. The molecule has 4 nitrogen and oxygen atoms in total. The number of hydrogen-bond donors (Lipinski definition) is 3. The predicted octanol–water partition coefficient (Wildman–Crippen LogP) is 2.92. The molecule has 5 N–H and O–H groups in total. The highest BCUT2D eigenvalue weighted by Crippen LogP contribution is 2.36. The monoisotopic (exact) mass is 287 g/mol. The fourth-order valence-electron chi connectivity index (χ4n) is 2.72. The molecule has 0 spiro atoms. The van der Waals surface area contributed by atoms with Gasteiger partial charge < -0.3 is 16.8 Å². The molecular weight excluding hydrogens is 270 g/mol. The van der Waals surface area contributed by atoms with Crippen molar-refractivity contribution in [3.05, 3.63) is 45.6 Å². The lowest BCUT2D eigenvalue weighted by molar-refractivity contribution is 0.100. The number of amides is 1. The molecule has 1 aromatic carbocycles. The molecule has 1 unspecified atom stereocenters. The van der Waals surface area contributed by atoms with Gasteiger partial charge in [0.25, 0.3) is 5.91 Å². The van der Waals surface area contributed by atoms with E-state index in [1.54, 1.807) is 29.5 Å². The Kier molecular flexibility index (Phi) is 3.36. The Morgan fingerprint density at radius 2 is 2.20 bits per heavy atom. The summed E-state index contributed by atoms with van der Waals surface area (Å²) in [6.07, 6.45) is 3.35. The molecule has 0 bridgehead atoms. The van der Waals surface area contributed by atoms with Gasteiger partial charge >= 0.3 is 0 Å². The number of thiophene rings is 1. The lowest BCUT2D eigenvalue weighted by Crippen LogP contribution is -2.19. The van der Waals surface area contributed by atoms with Gasteiger partial charge in [-0.05, 0) is 54.5 Å². The van der Waals surface area contributed by atoms with Gasteiger partial charge in [-0.25, -0.2) is 0 Å². The van der Waals surface area contributed by atoms with Gasteiger partial charge in [-0.15, -0.1) is 11.3 Å². The first kappa shape index (κ1) is 13.0. The van der Waals surface area contributed by atoms with E-state index in [-0.39, 0.29) is 6.04 Å². The summed E-state index contributed by atoms with van der Waals surface area (Å²) >= 11 is 1.80. The SMILES string of the molecule is NC(=O)c1ccc(N)cc1NC1CCCc2sccc21. The number of anilines is 2. The van der Waals surface area contributed by atoms with Gasteiger partial charge in [-0.2, -0.15) is 0 Å². The van der Waals surface area contributed by atoms with E-state index in [1.807, 2.05) is 0 Å². The summed E-state index contributed by atoms with van der Waals surface area (Å²) in [4.78, 5) is 12.9. The number of nitrogens with two attached hydrogens (primary N) is 2. The molecule has 1 aliphatic rings. The number of hydrogen-bond acceptors (Lipinski definition) is 4. The van der Waals surface area contributed by atoms with Crippen molar-refractivity contribution in [2.45, 2.75) is 25.3 Å². The number of carbonyl (C=O) groups excluding carboxylic acids is 1. The van der Waals surface area contributed by atoms with Crippen molar-refractivity contribution in [3.8, 4) is 0 Å². The Hall–Kier alpha value is -2.01. The summed E-state index contributed by atoms with van der Waals surface area (Å²) in [5.41, 5.74) is 14.4. The van der Waals surface area contributed by atoms with E-state index in [2.05, 4.69) is 16.8 Å². The summed E-state index contributed by atoms with van der Waals surface area (Å²) in [7, 11) is 0. The lowest BCUT2D eigenvalue weighted by Gasteiger charge is -2.25. The average Bonchev–Trinajstić information content (AvgIpc) is 2.88. The van der Waals surface area contributed by atoms with Crippen molar-refractivity contribution in [2.75, 3.05) is 11.1 Å². The van der Waals surface area contributed by atoms with Gasteiger partial charge in [0.1, 0.15) is 0 Å². The Morgan fingerprint density at radius 3 is 3.00 bits per heavy atom. The van der Waals surface area contributed by atoms with Crippen molar-refractivity contribution in [2.24, 2.45) is 5.73 Å². The Bertz CT molecular complexity index is 650. The average molecular weight is 287 g/mol. The van der Waals surface area contributed by atoms with Gasteiger partial charge in [0.15, 0.2) is 0 Å². The van der Waals surface area contributed by atoms with Crippen LogP contribution in [0.5, 0.6) is 0 Å². The zero-order valence-electron chi connectivity index (χ0n) is 11.1. The van der Waals surface area contributed by atoms with Gasteiger partial charge in [-0.3, -0.25) is 4.79 Å². The van der Waals surface area contributed by atoms with Gasteiger partial charge in [0, 0.05) is 16.3 Å². The van der Waals surface area contributed by atoms with Gasteiger partial charge in [0.2, 0.25) is 0 Å². The van der Waals surface area contributed by atoms with E-state index in [1.165, 1.54) is 10.4 Å². The number of fused-ring (bicyclic) bond motifs is 1. The Morgan fingerprint density at radius 1 is 1.35 bits per heavy atom. The van der Waals surface area contributed by atoms with Crippen LogP contribution in [0.4, 0.5) is 11.4 Å². The molecule has 0 radical (unpaired) electrons.